The maximum atomic E-state index is 0. The van der Waals surface area contributed by atoms with E-state index in [2.05, 4.69) is 0 Å². The molecule has 0 aliphatic rings. The molecule has 0 aliphatic heterocycles. The summed E-state index contributed by atoms with van der Waals surface area (Å²) in [5.74, 6) is 0. The summed E-state index contributed by atoms with van der Waals surface area (Å²) < 4.78 is 0. The van der Waals surface area contributed by atoms with Gasteiger partial charge in [-0.25, -0.2) is 0 Å². The Labute approximate surface area is 53.7 Å². The van der Waals surface area contributed by atoms with Crippen molar-refractivity contribution >= 4 is 0 Å². The normalized spacial score (nSPS) is 0. The average molecular weight is 176 g/mol. The molecule has 4 heteroatoms. The molecule has 0 aliphatic carbocycles. The van der Waals surface area contributed by atoms with Crippen molar-refractivity contribution < 1.29 is 53.7 Å². The van der Waals surface area contributed by atoms with Crippen molar-refractivity contribution in [3.63, 3.8) is 0 Å². The Kier molecular flexibility index (Phi) is 388. The molecule has 0 saturated heterocycles. The van der Waals surface area contributed by atoms with Crippen molar-refractivity contribution in [2.45, 2.75) is 0 Å². The first-order valence-electron chi connectivity index (χ1n) is 0. The SMILES string of the molecule is [Mo].[O-2].[O-2].[Ti+4]. The minimum absolute atomic E-state index is 0. The Hall–Kier alpha value is 1.32. The number of hydrogen-bond acceptors (Lipinski definition) is 0. The second kappa shape index (κ2) is 27.3. The molecule has 0 radical (unpaired) electrons. The molecule has 2 nitrogen and oxygen atoms in total. The molecule has 0 bridgehead atoms. The van der Waals surface area contributed by atoms with Crippen molar-refractivity contribution in [2.24, 2.45) is 0 Å². The molecule has 0 aromatic carbocycles. The van der Waals surface area contributed by atoms with Gasteiger partial charge in [0.15, 0.2) is 0 Å². The van der Waals surface area contributed by atoms with Crippen LogP contribution in [-0.2, 0) is 53.7 Å². The summed E-state index contributed by atoms with van der Waals surface area (Å²) in [6, 6.07) is 0. The van der Waals surface area contributed by atoms with Crippen LogP contribution in [0.3, 0.4) is 0 Å². The standard InChI is InChI=1S/Mo.2O.Ti/q;2*-2;+4. The molecule has 0 atom stereocenters. The van der Waals surface area contributed by atoms with Gasteiger partial charge in [-0.3, -0.25) is 0 Å². The predicted molar refractivity (Wildman–Crippen MR) is 1.37 cm³/mol. The van der Waals surface area contributed by atoms with E-state index in [1.54, 1.807) is 0 Å². The van der Waals surface area contributed by atoms with Gasteiger partial charge in [0, 0.05) is 21.1 Å². The summed E-state index contributed by atoms with van der Waals surface area (Å²) in [5.41, 5.74) is 0. The van der Waals surface area contributed by atoms with Crippen LogP contribution in [-0.4, -0.2) is 0 Å². The van der Waals surface area contributed by atoms with Crippen molar-refractivity contribution in [2.75, 3.05) is 0 Å². The summed E-state index contributed by atoms with van der Waals surface area (Å²) in [7, 11) is 0. The van der Waals surface area contributed by atoms with Crippen molar-refractivity contribution in [1.82, 2.24) is 0 Å². The van der Waals surface area contributed by atoms with Gasteiger partial charge < -0.3 is 11.0 Å². The van der Waals surface area contributed by atoms with Gasteiger partial charge in [-0.15, -0.1) is 0 Å². The van der Waals surface area contributed by atoms with Gasteiger partial charge in [0.25, 0.3) is 0 Å². The minimum atomic E-state index is 0. The fourth-order valence-corrected chi connectivity index (χ4v) is 0. The van der Waals surface area contributed by atoms with E-state index in [0.29, 0.717) is 0 Å². The Bertz CT molecular complexity index is 6.00. The Morgan fingerprint density at radius 2 is 0.750 bits per heavy atom. The summed E-state index contributed by atoms with van der Waals surface area (Å²) in [6.07, 6.45) is 0. The van der Waals surface area contributed by atoms with Gasteiger partial charge in [0.05, 0.1) is 0 Å². The van der Waals surface area contributed by atoms with Crippen LogP contribution in [0.15, 0.2) is 0 Å². The summed E-state index contributed by atoms with van der Waals surface area (Å²) in [5, 5.41) is 0. The molecule has 0 aromatic rings. The number of rotatable bonds is 0. The van der Waals surface area contributed by atoms with Crippen LogP contribution in [0.4, 0.5) is 0 Å². The summed E-state index contributed by atoms with van der Waals surface area (Å²) in [6.45, 7) is 0. The second-order valence-electron chi connectivity index (χ2n) is 0. The van der Waals surface area contributed by atoms with Gasteiger partial charge in [-0.2, -0.15) is 0 Å². The van der Waals surface area contributed by atoms with Crippen LogP contribution in [0.25, 0.3) is 0 Å². The zero-order chi connectivity index (χ0) is 0. The first kappa shape index (κ1) is 56.9. The van der Waals surface area contributed by atoms with E-state index in [-0.39, 0.29) is 53.7 Å². The van der Waals surface area contributed by atoms with E-state index in [9.17, 15) is 0 Å². The fourth-order valence-electron chi connectivity index (χ4n) is 0. The average Bonchev–Trinajstić information content (AvgIpc) is 0. The third-order valence-corrected chi connectivity index (χ3v) is 0. The molecule has 0 fully saturated rings. The number of hydrogen-bond donors (Lipinski definition) is 0. The maximum Gasteiger partial charge on any atom is 4.00 e. The molecule has 0 aromatic heterocycles. The fraction of sp³-hybridized carbons (Fsp3) is 0. The van der Waals surface area contributed by atoms with Crippen LogP contribution in [0.5, 0.6) is 0 Å². The first-order valence-corrected chi connectivity index (χ1v) is 0. The topological polar surface area (TPSA) is 57.0 Å². The smallest absolute Gasteiger partial charge is 2.00 e. The summed E-state index contributed by atoms with van der Waals surface area (Å²) >= 11 is 0. The van der Waals surface area contributed by atoms with E-state index in [1.807, 2.05) is 0 Å². The molecule has 22 valence electrons. The molecular formula is MoO2Ti. The van der Waals surface area contributed by atoms with Gasteiger partial charge in [0.1, 0.15) is 0 Å². The van der Waals surface area contributed by atoms with Crippen LogP contribution >= 0.6 is 0 Å². The molecule has 0 heterocycles. The molecule has 0 rings (SSSR count). The van der Waals surface area contributed by atoms with Crippen LogP contribution in [0, 0.1) is 0 Å². The Morgan fingerprint density at radius 3 is 0.750 bits per heavy atom. The maximum absolute atomic E-state index is 0. The Balaban J connectivity index is 0. The van der Waals surface area contributed by atoms with Gasteiger partial charge in [-0.05, 0) is 0 Å². The largest absolute Gasteiger partial charge is 4.00 e. The summed E-state index contributed by atoms with van der Waals surface area (Å²) in [4.78, 5) is 0. The van der Waals surface area contributed by atoms with Crippen molar-refractivity contribution in [3.8, 4) is 0 Å². The second-order valence-corrected chi connectivity index (χ2v) is 0. The molecular weight excluding hydrogens is 176 g/mol. The molecule has 4 heavy (non-hydrogen) atoms. The van der Waals surface area contributed by atoms with Crippen molar-refractivity contribution in [1.29, 1.82) is 0 Å². The zero-order valence-corrected chi connectivity index (χ0v) is 5.29. The predicted octanol–water partition coefficient (Wildman–Crippen LogP) is -0.243. The van der Waals surface area contributed by atoms with Crippen LogP contribution in [0.1, 0.15) is 0 Å². The van der Waals surface area contributed by atoms with Gasteiger partial charge >= 0.3 is 21.7 Å². The molecule has 0 amide bonds. The molecule has 0 spiro atoms. The third-order valence-electron chi connectivity index (χ3n) is 0. The van der Waals surface area contributed by atoms with Crippen molar-refractivity contribution in [3.05, 3.63) is 0 Å². The van der Waals surface area contributed by atoms with E-state index in [1.165, 1.54) is 0 Å². The quantitative estimate of drug-likeness (QED) is 0.457. The molecule has 0 N–H and O–H groups in total. The third kappa shape index (κ3) is 10.2. The van der Waals surface area contributed by atoms with Gasteiger partial charge in [0.2, 0.25) is 0 Å². The zero-order valence-electron chi connectivity index (χ0n) is 1.72. The van der Waals surface area contributed by atoms with E-state index in [4.69, 9.17) is 0 Å². The minimum Gasteiger partial charge on any atom is -2.00 e. The van der Waals surface area contributed by atoms with E-state index < -0.39 is 0 Å². The molecule has 0 saturated carbocycles. The Morgan fingerprint density at radius 1 is 0.750 bits per heavy atom. The monoisotopic (exact) mass is 178 g/mol. The van der Waals surface area contributed by atoms with Gasteiger partial charge in [-0.1, -0.05) is 0 Å². The van der Waals surface area contributed by atoms with E-state index in [0.717, 1.165) is 0 Å². The first-order chi connectivity index (χ1) is 0. The van der Waals surface area contributed by atoms with Crippen LogP contribution in [0.2, 0.25) is 0 Å². The van der Waals surface area contributed by atoms with E-state index >= 15 is 0 Å². The molecule has 0 unspecified atom stereocenters. The van der Waals surface area contributed by atoms with Crippen LogP contribution < -0.4 is 0 Å².